The van der Waals surface area contributed by atoms with E-state index in [1.54, 1.807) is 21.6 Å². The zero-order valence-electron chi connectivity index (χ0n) is 17.1. The van der Waals surface area contributed by atoms with E-state index in [-0.39, 0.29) is 17.4 Å². The lowest BCUT2D eigenvalue weighted by atomic mass is 10.0. The Bertz CT molecular complexity index is 1400. The number of phenolic OH excluding ortho intramolecular Hbond substituents is 1. The molecule has 0 amide bonds. The van der Waals surface area contributed by atoms with Crippen LogP contribution in [-0.2, 0) is 7.05 Å². The molecule has 0 saturated carbocycles. The van der Waals surface area contributed by atoms with E-state index >= 15 is 0 Å². The number of hydrogen-bond acceptors (Lipinski definition) is 6. The highest BCUT2D eigenvalue weighted by Gasteiger charge is 2.20. The van der Waals surface area contributed by atoms with Crippen molar-refractivity contribution in [1.82, 2.24) is 24.3 Å². The number of fused-ring (bicyclic) bond motifs is 2. The zero-order valence-corrected chi connectivity index (χ0v) is 17.1. The number of aromatic nitrogens is 5. The van der Waals surface area contributed by atoms with Crippen LogP contribution >= 0.6 is 0 Å². The summed E-state index contributed by atoms with van der Waals surface area (Å²) >= 11 is 0. The van der Waals surface area contributed by atoms with Crippen molar-refractivity contribution in [1.29, 1.82) is 0 Å². The maximum Gasteiger partial charge on any atom is 0.261 e. The van der Waals surface area contributed by atoms with Crippen LogP contribution in [0.3, 0.4) is 0 Å². The fourth-order valence-corrected chi connectivity index (χ4v) is 4.22. The van der Waals surface area contributed by atoms with E-state index in [0.29, 0.717) is 27.9 Å². The summed E-state index contributed by atoms with van der Waals surface area (Å²) in [5, 5.41) is 16.5. The number of aryl methyl sites for hydroxylation is 2. The van der Waals surface area contributed by atoms with Gasteiger partial charge in [0.05, 0.1) is 22.0 Å². The minimum Gasteiger partial charge on any atom is -0.507 e. The number of pyridine rings is 1. The summed E-state index contributed by atoms with van der Waals surface area (Å²) in [6.45, 7) is 4.57. The fourth-order valence-electron chi connectivity index (χ4n) is 4.22. The Balaban J connectivity index is 1.62. The highest BCUT2D eigenvalue weighted by molar-refractivity contribution is 5.90. The van der Waals surface area contributed by atoms with E-state index in [1.807, 2.05) is 39.2 Å². The first-order chi connectivity index (χ1) is 14.4. The smallest absolute Gasteiger partial charge is 0.261 e. The van der Waals surface area contributed by atoms with Crippen molar-refractivity contribution in [2.75, 3.05) is 6.54 Å². The van der Waals surface area contributed by atoms with Crippen LogP contribution in [0.25, 0.3) is 33.2 Å². The molecular weight excluding hydrogens is 380 g/mol. The van der Waals surface area contributed by atoms with Gasteiger partial charge in [0, 0.05) is 61.3 Å². The van der Waals surface area contributed by atoms with Crippen molar-refractivity contribution in [2.24, 2.45) is 12.0 Å². The topological polar surface area (TPSA) is 98.2 Å². The van der Waals surface area contributed by atoms with Crippen LogP contribution in [0.4, 0.5) is 0 Å². The largest absolute Gasteiger partial charge is 0.507 e. The molecule has 0 unspecified atom stereocenters. The molecule has 152 valence electrons. The van der Waals surface area contributed by atoms with Gasteiger partial charge in [-0.15, -0.1) is 0 Å². The summed E-state index contributed by atoms with van der Waals surface area (Å²) in [6.07, 6.45) is 6.88. The average molecular weight is 402 g/mol. The van der Waals surface area contributed by atoms with Gasteiger partial charge in [0.15, 0.2) is 5.82 Å². The Kier molecular flexibility index (Phi) is 4.16. The molecule has 4 aromatic rings. The zero-order chi connectivity index (χ0) is 21.0. The van der Waals surface area contributed by atoms with Gasteiger partial charge in [-0.3, -0.25) is 14.5 Å². The van der Waals surface area contributed by atoms with Crippen LogP contribution in [0, 0.1) is 6.92 Å². The summed E-state index contributed by atoms with van der Waals surface area (Å²) in [4.78, 5) is 26.5. The first kappa shape index (κ1) is 18.5. The monoisotopic (exact) mass is 402 g/mol. The second-order valence-electron chi connectivity index (χ2n) is 7.92. The Hall–Kier alpha value is -3.55. The lowest BCUT2D eigenvalue weighted by Crippen LogP contribution is -2.28. The molecular formula is C22H22N6O2. The summed E-state index contributed by atoms with van der Waals surface area (Å²) in [5.41, 5.74) is 3.48. The quantitative estimate of drug-likeness (QED) is 0.555. The normalized spacial score (nSPS) is 16.9. The van der Waals surface area contributed by atoms with Gasteiger partial charge >= 0.3 is 0 Å². The minimum absolute atomic E-state index is 0.0955. The van der Waals surface area contributed by atoms with Gasteiger partial charge in [-0.2, -0.15) is 5.10 Å². The van der Waals surface area contributed by atoms with Crippen molar-refractivity contribution >= 4 is 27.5 Å². The molecule has 0 spiro atoms. The molecule has 1 aliphatic heterocycles. The number of aliphatic imine (C=N–C) groups is 1. The number of benzene rings is 1. The molecule has 5 rings (SSSR count). The van der Waals surface area contributed by atoms with Gasteiger partial charge in [0.1, 0.15) is 5.75 Å². The molecule has 30 heavy (non-hydrogen) atoms. The van der Waals surface area contributed by atoms with E-state index in [1.165, 1.54) is 0 Å². The molecule has 0 bridgehead atoms. The Morgan fingerprint density at radius 2 is 2.10 bits per heavy atom. The van der Waals surface area contributed by atoms with Gasteiger partial charge in [-0.25, -0.2) is 9.97 Å². The van der Waals surface area contributed by atoms with Crippen LogP contribution in [-0.4, -0.2) is 41.7 Å². The molecule has 8 heteroatoms. The number of rotatable bonds is 2. The SMILES string of the molecule is CC1=NCC[C@@H](n2ccc3nc(-c4cc5cn(C)nc5c(C)c4O)ncc3c2=O)C1. The summed E-state index contributed by atoms with van der Waals surface area (Å²) in [6, 6.07) is 3.78. The molecule has 4 heterocycles. The maximum absolute atomic E-state index is 13.1. The van der Waals surface area contributed by atoms with E-state index < -0.39 is 0 Å². The van der Waals surface area contributed by atoms with Crippen molar-refractivity contribution in [2.45, 2.75) is 32.7 Å². The first-order valence-electron chi connectivity index (χ1n) is 9.96. The molecule has 1 aromatic carbocycles. The number of aromatic hydroxyl groups is 1. The van der Waals surface area contributed by atoms with E-state index in [2.05, 4.69) is 20.1 Å². The van der Waals surface area contributed by atoms with Crippen LogP contribution < -0.4 is 5.56 Å². The van der Waals surface area contributed by atoms with Crippen LogP contribution in [0.2, 0.25) is 0 Å². The standard InChI is InChI=1S/C22H22N6O2/c1-12-8-15(4-6-23-12)28-7-5-18-17(22(28)30)10-24-21(25-18)16-9-14-11-27(3)26-19(14)13(2)20(16)29/h5,7,9-11,15,29H,4,6,8H2,1-3H3/t15-/m1/s1. The van der Waals surface area contributed by atoms with Gasteiger partial charge in [0.2, 0.25) is 0 Å². The molecule has 8 nitrogen and oxygen atoms in total. The third kappa shape index (κ3) is 2.87. The lowest BCUT2D eigenvalue weighted by Gasteiger charge is -2.23. The molecule has 1 N–H and O–H groups in total. The van der Waals surface area contributed by atoms with Gasteiger partial charge in [-0.05, 0) is 32.4 Å². The highest BCUT2D eigenvalue weighted by Crippen LogP contribution is 2.35. The van der Waals surface area contributed by atoms with Crippen molar-refractivity contribution < 1.29 is 5.11 Å². The number of phenols is 1. The lowest BCUT2D eigenvalue weighted by molar-refractivity contribution is 0.461. The molecule has 1 atom stereocenters. The maximum atomic E-state index is 13.1. The van der Waals surface area contributed by atoms with E-state index in [9.17, 15) is 9.90 Å². The molecule has 0 aliphatic carbocycles. The van der Waals surface area contributed by atoms with E-state index in [0.717, 1.165) is 36.0 Å². The van der Waals surface area contributed by atoms with Crippen LogP contribution in [0.15, 0.2) is 40.5 Å². The molecule has 0 fully saturated rings. The molecule has 0 radical (unpaired) electrons. The van der Waals surface area contributed by atoms with Crippen LogP contribution in [0.5, 0.6) is 5.75 Å². The second kappa shape index (κ2) is 6.76. The molecule has 1 aliphatic rings. The third-order valence-corrected chi connectivity index (χ3v) is 5.81. The van der Waals surface area contributed by atoms with Crippen molar-refractivity contribution in [3.8, 4) is 17.1 Å². The van der Waals surface area contributed by atoms with Gasteiger partial charge < -0.3 is 9.67 Å². The Morgan fingerprint density at radius 3 is 2.90 bits per heavy atom. The predicted octanol–water partition coefficient (Wildman–Crippen LogP) is 3.16. The summed E-state index contributed by atoms with van der Waals surface area (Å²) < 4.78 is 3.48. The van der Waals surface area contributed by atoms with Crippen molar-refractivity contribution in [3.63, 3.8) is 0 Å². The van der Waals surface area contributed by atoms with Gasteiger partial charge in [0.25, 0.3) is 5.56 Å². The average Bonchev–Trinajstić information content (AvgIpc) is 3.11. The molecule has 3 aromatic heterocycles. The Labute approximate surface area is 172 Å². The van der Waals surface area contributed by atoms with Crippen molar-refractivity contribution in [3.05, 3.63) is 46.6 Å². The van der Waals surface area contributed by atoms with E-state index in [4.69, 9.17) is 0 Å². The first-order valence-corrected chi connectivity index (χ1v) is 9.96. The summed E-state index contributed by atoms with van der Waals surface area (Å²) in [7, 11) is 1.84. The minimum atomic E-state index is -0.0955. The molecule has 0 saturated heterocycles. The van der Waals surface area contributed by atoms with Crippen LogP contribution in [0.1, 0.15) is 31.4 Å². The number of hydrogen-bond donors (Lipinski definition) is 1. The fraction of sp³-hybridized carbons (Fsp3) is 0.318. The third-order valence-electron chi connectivity index (χ3n) is 5.81. The highest BCUT2D eigenvalue weighted by atomic mass is 16.3. The van der Waals surface area contributed by atoms with Gasteiger partial charge in [-0.1, -0.05) is 0 Å². The summed E-state index contributed by atoms with van der Waals surface area (Å²) in [5.74, 6) is 0.484. The predicted molar refractivity (Wildman–Crippen MR) is 116 cm³/mol. The Morgan fingerprint density at radius 1 is 1.27 bits per heavy atom. The second-order valence-corrected chi connectivity index (χ2v) is 7.92. The number of nitrogens with zero attached hydrogens (tertiary/aromatic N) is 6.